The summed E-state index contributed by atoms with van der Waals surface area (Å²) in [6.45, 7) is 9.52. The molecule has 1 saturated carbocycles. The third-order valence-electron chi connectivity index (χ3n) is 4.73. The van der Waals surface area contributed by atoms with Crippen molar-refractivity contribution in [3.8, 4) is 0 Å². The van der Waals surface area contributed by atoms with Gasteiger partial charge in [0.15, 0.2) is 0 Å². The number of likely N-dealkylation sites (N-methyl/N-ethyl adjacent to an activating group) is 1. The molecule has 1 saturated heterocycles. The van der Waals surface area contributed by atoms with Crippen molar-refractivity contribution in [2.45, 2.75) is 51.7 Å². The van der Waals surface area contributed by atoms with Crippen LogP contribution in [0.1, 0.15) is 50.4 Å². The van der Waals surface area contributed by atoms with Crippen molar-refractivity contribution in [2.24, 2.45) is 0 Å². The number of nitrogens with one attached hydrogen (secondary N) is 1. The van der Waals surface area contributed by atoms with E-state index in [-0.39, 0.29) is 5.97 Å². The van der Waals surface area contributed by atoms with E-state index in [9.17, 15) is 4.79 Å². The summed E-state index contributed by atoms with van der Waals surface area (Å²) in [6, 6.07) is 4.17. The number of pyridine rings is 1. The van der Waals surface area contributed by atoms with Gasteiger partial charge in [0.25, 0.3) is 0 Å². The highest BCUT2D eigenvalue weighted by molar-refractivity contribution is 5.91. The number of piperazine rings is 1. The lowest BCUT2D eigenvalue weighted by Crippen LogP contribution is -2.45. The maximum absolute atomic E-state index is 12.6. The van der Waals surface area contributed by atoms with Crippen LogP contribution in [0.4, 0.5) is 11.6 Å². The molecule has 6 nitrogen and oxygen atoms in total. The van der Waals surface area contributed by atoms with Crippen molar-refractivity contribution in [2.75, 3.05) is 43.4 Å². The molecule has 2 aliphatic rings. The quantitative estimate of drug-likeness (QED) is 0.846. The molecule has 6 heteroatoms. The van der Waals surface area contributed by atoms with E-state index >= 15 is 0 Å². The zero-order valence-corrected chi connectivity index (χ0v) is 15.8. The highest BCUT2D eigenvalue weighted by Crippen LogP contribution is 2.26. The lowest BCUT2D eigenvalue weighted by atomic mass is 9.93. The van der Waals surface area contributed by atoms with Gasteiger partial charge in [-0.2, -0.15) is 0 Å². The van der Waals surface area contributed by atoms with Crippen LogP contribution in [-0.4, -0.2) is 60.7 Å². The summed E-state index contributed by atoms with van der Waals surface area (Å²) >= 11 is 0. The van der Waals surface area contributed by atoms with Crippen molar-refractivity contribution < 1.29 is 9.53 Å². The lowest BCUT2D eigenvalue weighted by molar-refractivity contribution is 0.00694. The zero-order chi connectivity index (χ0) is 18.0. The van der Waals surface area contributed by atoms with Gasteiger partial charge in [0.1, 0.15) is 17.2 Å². The lowest BCUT2D eigenvalue weighted by Gasteiger charge is -2.34. The summed E-state index contributed by atoms with van der Waals surface area (Å²) in [7, 11) is 2.13. The first-order chi connectivity index (χ1) is 11.8. The van der Waals surface area contributed by atoms with Crippen LogP contribution in [0.15, 0.2) is 12.1 Å². The van der Waals surface area contributed by atoms with Crippen LogP contribution < -0.4 is 10.2 Å². The molecule has 1 aliphatic carbocycles. The average Bonchev–Trinajstić information content (AvgIpc) is 2.50. The standard InChI is InChI=1S/C19H30N4O2/c1-19(2,3)25-18(24)14-12-16(20-15-6-5-7-15)21-17(13-14)23-10-8-22(4)9-11-23/h12-13,15H,5-11H2,1-4H3,(H,20,21). The zero-order valence-electron chi connectivity index (χ0n) is 15.8. The van der Waals surface area contributed by atoms with Gasteiger partial charge in [0, 0.05) is 32.2 Å². The van der Waals surface area contributed by atoms with Crippen LogP contribution in [0.3, 0.4) is 0 Å². The van der Waals surface area contributed by atoms with Crippen LogP contribution in [0, 0.1) is 0 Å². The molecule has 1 aromatic rings. The Morgan fingerprint density at radius 1 is 1.20 bits per heavy atom. The van der Waals surface area contributed by atoms with Gasteiger partial charge in [-0.3, -0.25) is 0 Å². The number of carbonyl (C=O) groups excluding carboxylic acids is 1. The molecule has 3 rings (SSSR count). The Morgan fingerprint density at radius 2 is 1.88 bits per heavy atom. The molecule has 0 aromatic carbocycles. The Labute approximate surface area is 150 Å². The number of aromatic nitrogens is 1. The smallest absolute Gasteiger partial charge is 0.338 e. The van der Waals surface area contributed by atoms with E-state index in [1.54, 1.807) is 0 Å². The minimum Gasteiger partial charge on any atom is -0.456 e. The third kappa shape index (κ3) is 4.84. The second kappa shape index (κ2) is 7.20. The van der Waals surface area contributed by atoms with Crippen LogP contribution in [0.25, 0.3) is 0 Å². The van der Waals surface area contributed by atoms with Crippen LogP contribution in [-0.2, 0) is 4.74 Å². The minimum absolute atomic E-state index is 0.290. The third-order valence-corrected chi connectivity index (χ3v) is 4.73. The van der Waals surface area contributed by atoms with E-state index in [1.165, 1.54) is 19.3 Å². The molecular formula is C19H30N4O2. The first-order valence-corrected chi connectivity index (χ1v) is 9.26. The van der Waals surface area contributed by atoms with E-state index in [0.29, 0.717) is 11.6 Å². The fraction of sp³-hybridized carbons (Fsp3) is 0.684. The second-order valence-electron chi connectivity index (χ2n) is 8.16. The van der Waals surface area contributed by atoms with E-state index in [0.717, 1.165) is 37.8 Å². The Hall–Kier alpha value is -1.82. The molecule has 25 heavy (non-hydrogen) atoms. The predicted molar refractivity (Wildman–Crippen MR) is 100 cm³/mol. The van der Waals surface area contributed by atoms with Gasteiger partial charge in [-0.25, -0.2) is 9.78 Å². The highest BCUT2D eigenvalue weighted by Gasteiger charge is 2.23. The Balaban J connectivity index is 1.83. The number of esters is 1. The molecule has 0 spiro atoms. The maximum Gasteiger partial charge on any atom is 0.338 e. The molecule has 0 radical (unpaired) electrons. The number of hydrogen-bond donors (Lipinski definition) is 1. The molecule has 0 unspecified atom stereocenters. The molecule has 0 atom stereocenters. The van der Waals surface area contributed by atoms with Crippen molar-refractivity contribution >= 4 is 17.6 Å². The number of nitrogens with zero attached hydrogens (tertiary/aromatic N) is 3. The van der Waals surface area contributed by atoms with Crippen molar-refractivity contribution in [1.29, 1.82) is 0 Å². The van der Waals surface area contributed by atoms with E-state index in [4.69, 9.17) is 9.72 Å². The molecule has 0 bridgehead atoms. The summed E-state index contributed by atoms with van der Waals surface area (Å²) < 4.78 is 5.56. The molecule has 1 aliphatic heterocycles. The highest BCUT2D eigenvalue weighted by atomic mass is 16.6. The monoisotopic (exact) mass is 346 g/mol. The van der Waals surface area contributed by atoms with Gasteiger partial charge in [0.2, 0.25) is 0 Å². The van der Waals surface area contributed by atoms with Crippen LogP contribution in [0.2, 0.25) is 0 Å². The molecule has 1 N–H and O–H groups in total. The van der Waals surface area contributed by atoms with E-state index < -0.39 is 5.60 Å². The summed E-state index contributed by atoms with van der Waals surface area (Å²) in [6.07, 6.45) is 3.60. The number of hydrogen-bond acceptors (Lipinski definition) is 6. The Bertz CT molecular complexity index is 614. The first kappa shape index (κ1) is 18.0. The summed E-state index contributed by atoms with van der Waals surface area (Å²) in [5.41, 5.74) is 0.0660. The SMILES string of the molecule is CN1CCN(c2cc(C(=O)OC(C)(C)C)cc(NC3CCC3)n2)CC1. The Morgan fingerprint density at radius 3 is 2.44 bits per heavy atom. The summed E-state index contributed by atoms with van der Waals surface area (Å²) in [5.74, 6) is 1.35. The molecule has 138 valence electrons. The molecule has 2 fully saturated rings. The Kier molecular flexibility index (Phi) is 5.18. The fourth-order valence-corrected chi connectivity index (χ4v) is 3.00. The number of anilines is 2. The maximum atomic E-state index is 12.6. The normalized spacial score (nSPS) is 19.4. The van der Waals surface area contributed by atoms with Gasteiger partial charge >= 0.3 is 5.97 Å². The van der Waals surface area contributed by atoms with Gasteiger partial charge in [-0.05, 0) is 59.2 Å². The average molecular weight is 346 g/mol. The number of carbonyl (C=O) groups is 1. The molecule has 0 amide bonds. The van der Waals surface area contributed by atoms with Crippen molar-refractivity contribution in [1.82, 2.24) is 9.88 Å². The van der Waals surface area contributed by atoms with Gasteiger partial charge in [-0.1, -0.05) is 0 Å². The van der Waals surface area contributed by atoms with Crippen LogP contribution in [0.5, 0.6) is 0 Å². The summed E-state index contributed by atoms with van der Waals surface area (Å²) in [5, 5.41) is 3.47. The molecule has 2 heterocycles. The van der Waals surface area contributed by atoms with Gasteiger partial charge in [-0.15, -0.1) is 0 Å². The predicted octanol–water partition coefficient (Wildman–Crippen LogP) is 2.75. The van der Waals surface area contributed by atoms with E-state index in [1.807, 2.05) is 32.9 Å². The van der Waals surface area contributed by atoms with Crippen molar-refractivity contribution in [3.05, 3.63) is 17.7 Å². The van der Waals surface area contributed by atoms with E-state index in [2.05, 4.69) is 22.2 Å². The van der Waals surface area contributed by atoms with Crippen LogP contribution >= 0.6 is 0 Å². The second-order valence-corrected chi connectivity index (χ2v) is 8.16. The van der Waals surface area contributed by atoms with Gasteiger partial charge in [0.05, 0.1) is 5.56 Å². The fourth-order valence-electron chi connectivity index (χ4n) is 3.00. The largest absolute Gasteiger partial charge is 0.456 e. The minimum atomic E-state index is -0.504. The number of rotatable bonds is 4. The topological polar surface area (TPSA) is 57.7 Å². The molecule has 1 aromatic heterocycles. The number of ether oxygens (including phenoxy) is 1. The first-order valence-electron chi connectivity index (χ1n) is 9.26. The van der Waals surface area contributed by atoms with Gasteiger partial charge < -0.3 is 19.9 Å². The molecular weight excluding hydrogens is 316 g/mol. The van der Waals surface area contributed by atoms with Crippen molar-refractivity contribution in [3.63, 3.8) is 0 Å². The summed E-state index contributed by atoms with van der Waals surface area (Å²) in [4.78, 5) is 21.9.